The van der Waals surface area contributed by atoms with Crippen LogP contribution in [0.2, 0.25) is 0 Å². The highest BCUT2D eigenvalue weighted by Crippen LogP contribution is 2.41. The number of hydrogen-bond donors (Lipinski definition) is 1. The van der Waals surface area contributed by atoms with E-state index in [-0.39, 0.29) is 0 Å². The fraction of sp³-hybridized carbons (Fsp3) is 0.818. The molecule has 0 saturated heterocycles. The second kappa shape index (κ2) is 3.61. The van der Waals surface area contributed by atoms with E-state index >= 15 is 0 Å². The maximum Gasteiger partial charge on any atom is 0.0501 e. The van der Waals surface area contributed by atoms with E-state index in [9.17, 15) is 5.11 Å². The summed E-state index contributed by atoms with van der Waals surface area (Å²) in [6.45, 7) is 7.01. The van der Waals surface area contributed by atoms with E-state index in [0.717, 1.165) is 6.42 Å². The fourth-order valence-electron chi connectivity index (χ4n) is 2.20. The van der Waals surface area contributed by atoms with Crippen molar-refractivity contribution >= 4 is 0 Å². The molecule has 1 aliphatic carbocycles. The summed E-state index contributed by atoms with van der Waals surface area (Å²) in [5.74, 6) is 0.399. The Morgan fingerprint density at radius 3 is 2.67 bits per heavy atom. The van der Waals surface area contributed by atoms with Gasteiger partial charge in [0.15, 0.2) is 0 Å². The fourth-order valence-corrected chi connectivity index (χ4v) is 2.20. The summed E-state index contributed by atoms with van der Waals surface area (Å²) in [7, 11) is 0. The highest BCUT2D eigenvalue weighted by Gasteiger charge is 2.32. The van der Waals surface area contributed by atoms with Crippen LogP contribution >= 0.6 is 0 Å². The molecule has 1 atom stereocenters. The van der Waals surface area contributed by atoms with Crippen LogP contribution in [0.5, 0.6) is 0 Å². The second-order valence-electron chi connectivity index (χ2n) is 4.40. The van der Waals surface area contributed by atoms with E-state index in [1.54, 1.807) is 0 Å². The van der Waals surface area contributed by atoms with Crippen LogP contribution in [-0.4, -0.2) is 11.7 Å². The Morgan fingerprint density at radius 2 is 2.25 bits per heavy atom. The lowest BCUT2D eigenvalue weighted by Gasteiger charge is -2.38. The molecule has 0 aliphatic heterocycles. The Balaban J connectivity index is 2.82. The van der Waals surface area contributed by atoms with Crippen LogP contribution in [-0.2, 0) is 0 Å². The number of rotatable bonds is 2. The number of allylic oxidation sites excluding steroid dienone is 1. The molecule has 0 aromatic carbocycles. The molecule has 12 heavy (non-hydrogen) atoms. The molecule has 1 rings (SSSR count). The summed E-state index contributed by atoms with van der Waals surface area (Å²) < 4.78 is 0. The number of aliphatic hydroxyl groups excluding tert-OH is 1. The van der Waals surface area contributed by atoms with Gasteiger partial charge in [-0.15, -0.1) is 0 Å². The first-order valence-corrected chi connectivity index (χ1v) is 4.91. The molecule has 1 N–H and O–H groups in total. The standard InChI is InChI=1S/C11H20O/c1-4-9-6-5-7-11(2,3)10(9)8-12/h6,10,12H,4-5,7-8H2,1-3H3. The van der Waals surface area contributed by atoms with Crippen LogP contribution in [0.3, 0.4) is 0 Å². The zero-order chi connectivity index (χ0) is 9.19. The zero-order valence-electron chi connectivity index (χ0n) is 8.43. The van der Waals surface area contributed by atoms with Crippen molar-refractivity contribution in [1.29, 1.82) is 0 Å². The third-order valence-corrected chi connectivity index (χ3v) is 3.18. The summed E-state index contributed by atoms with van der Waals surface area (Å²) in [5.41, 5.74) is 1.75. The van der Waals surface area contributed by atoms with E-state index < -0.39 is 0 Å². The minimum Gasteiger partial charge on any atom is -0.396 e. The van der Waals surface area contributed by atoms with Crippen molar-refractivity contribution in [3.8, 4) is 0 Å². The molecule has 1 heteroatoms. The molecule has 0 saturated carbocycles. The smallest absolute Gasteiger partial charge is 0.0501 e. The van der Waals surface area contributed by atoms with Crippen LogP contribution < -0.4 is 0 Å². The van der Waals surface area contributed by atoms with Crippen molar-refractivity contribution in [3.05, 3.63) is 11.6 Å². The largest absolute Gasteiger partial charge is 0.396 e. The third kappa shape index (κ3) is 1.71. The minimum absolute atomic E-state index is 0.300. The predicted molar refractivity (Wildman–Crippen MR) is 52.0 cm³/mol. The molecule has 0 aromatic rings. The van der Waals surface area contributed by atoms with Crippen molar-refractivity contribution in [3.63, 3.8) is 0 Å². The third-order valence-electron chi connectivity index (χ3n) is 3.18. The Hall–Kier alpha value is -0.300. The maximum atomic E-state index is 9.29. The Kier molecular flexibility index (Phi) is 2.94. The van der Waals surface area contributed by atoms with E-state index in [4.69, 9.17) is 0 Å². The monoisotopic (exact) mass is 168 g/mol. The first kappa shape index (κ1) is 9.79. The van der Waals surface area contributed by atoms with Gasteiger partial charge in [-0.2, -0.15) is 0 Å². The zero-order valence-corrected chi connectivity index (χ0v) is 8.43. The van der Waals surface area contributed by atoms with Crippen molar-refractivity contribution in [2.45, 2.75) is 40.0 Å². The molecule has 0 bridgehead atoms. The van der Waals surface area contributed by atoms with Gasteiger partial charge in [0.25, 0.3) is 0 Å². The minimum atomic E-state index is 0.300. The lowest BCUT2D eigenvalue weighted by Crippen LogP contribution is -2.31. The van der Waals surface area contributed by atoms with Gasteiger partial charge in [0.05, 0.1) is 6.61 Å². The molecule has 0 radical (unpaired) electrons. The van der Waals surface area contributed by atoms with E-state index in [1.165, 1.54) is 18.4 Å². The van der Waals surface area contributed by atoms with E-state index in [2.05, 4.69) is 26.8 Å². The Labute approximate surface area is 75.5 Å². The SMILES string of the molecule is CCC1=CCCC(C)(C)C1CO. The predicted octanol–water partition coefficient (Wildman–Crippen LogP) is 2.75. The van der Waals surface area contributed by atoms with Crippen molar-refractivity contribution in [2.75, 3.05) is 6.61 Å². The molecule has 1 unspecified atom stereocenters. The summed E-state index contributed by atoms with van der Waals surface area (Å²) >= 11 is 0. The average molecular weight is 168 g/mol. The van der Waals surface area contributed by atoms with Gasteiger partial charge >= 0.3 is 0 Å². The van der Waals surface area contributed by atoms with Gasteiger partial charge in [0.2, 0.25) is 0 Å². The summed E-state index contributed by atoms with van der Waals surface area (Å²) in [6, 6.07) is 0. The molecule has 0 spiro atoms. The highest BCUT2D eigenvalue weighted by molar-refractivity contribution is 5.14. The molecule has 0 amide bonds. The van der Waals surface area contributed by atoms with E-state index in [1.807, 2.05) is 0 Å². The van der Waals surface area contributed by atoms with Crippen LogP contribution in [0.25, 0.3) is 0 Å². The topological polar surface area (TPSA) is 20.2 Å². The van der Waals surface area contributed by atoms with Gasteiger partial charge in [-0.05, 0) is 24.7 Å². The Bertz CT molecular complexity index is 179. The second-order valence-corrected chi connectivity index (χ2v) is 4.40. The lowest BCUT2D eigenvalue weighted by molar-refractivity contribution is 0.126. The van der Waals surface area contributed by atoms with Crippen LogP contribution in [0.4, 0.5) is 0 Å². The van der Waals surface area contributed by atoms with Crippen molar-refractivity contribution in [2.24, 2.45) is 11.3 Å². The van der Waals surface area contributed by atoms with Crippen molar-refractivity contribution in [1.82, 2.24) is 0 Å². The summed E-state index contributed by atoms with van der Waals surface area (Å²) in [5, 5.41) is 9.29. The van der Waals surface area contributed by atoms with Crippen LogP contribution in [0.15, 0.2) is 11.6 Å². The maximum absolute atomic E-state index is 9.29. The highest BCUT2D eigenvalue weighted by atomic mass is 16.3. The molecule has 70 valence electrons. The molecule has 0 fully saturated rings. The first-order valence-electron chi connectivity index (χ1n) is 4.91. The average Bonchev–Trinajstić information content (AvgIpc) is 2.02. The van der Waals surface area contributed by atoms with Crippen molar-refractivity contribution < 1.29 is 5.11 Å². The van der Waals surface area contributed by atoms with Gasteiger partial charge < -0.3 is 5.11 Å². The molecular weight excluding hydrogens is 148 g/mol. The van der Waals surface area contributed by atoms with Gasteiger partial charge in [0.1, 0.15) is 0 Å². The molecule has 1 aliphatic rings. The quantitative estimate of drug-likeness (QED) is 0.629. The van der Waals surface area contributed by atoms with Gasteiger partial charge in [-0.25, -0.2) is 0 Å². The molecule has 0 heterocycles. The number of aliphatic hydroxyl groups is 1. The normalized spacial score (nSPS) is 28.3. The summed E-state index contributed by atoms with van der Waals surface area (Å²) in [6.07, 6.45) is 5.80. The number of hydrogen-bond acceptors (Lipinski definition) is 1. The summed E-state index contributed by atoms with van der Waals surface area (Å²) in [4.78, 5) is 0. The van der Waals surface area contributed by atoms with Gasteiger partial charge in [0, 0.05) is 5.92 Å². The Morgan fingerprint density at radius 1 is 1.58 bits per heavy atom. The van der Waals surface area contributed by atoms with Crippen LogP contribution in [0.1, 0.15) is 40.0 Å². The van der Waals surface area contributed by atoms with E-state index in [0.29, 0.717) is 17.9 Å². The molecule has 1 nitrogen and oxygen atoms in total. The van der Waals surface area contributed by atoms with Gasteiger partial charge in [-0.1, -0.05) is 32.4 Å². The molecule has 0 aromatic heterocycles. The first-order chi connectivity index (χ1) is 5.61. The van der Waals surface area contributed by atoms with Crippen LogP contribution in [0, 0.1) is 11.3 Å². The van der Waals surface area contributed by atoms with Gasteiger partial charge in [-0.3, -0.25) is 0 Å². The lowest BCUT2D eigenvalue weighted by atomic mass is 9.68. The molecular formula is C11H20O.